The summed E-state index contributed by atoms with van der Waals surface area (Å²) in [5.41, 5.74) is -0.412. The average molecular weight is 259 g/mol. The number of carbonyl (C=O) groups is 1. The van der Waals surface area contributed by atoms with Crippen molar-refractivity contribution in [3.8, 4) is 5.75 Å². The molecular weight excluding hydrogens is 242 g/mol. The van der Waals surface area contributed by atoms with Crippen LogP contribution in [-0.2, 0) is 10.3 Å². The average Bonchev–Trinajstić information content (AvgIpc) is 2.44. The Bertz CT molecular complexity index is 624. The van der Waals surface area contributed by atoms with E-state index in [0.717, 1.165) is 22.1 Å². The molecule has 2 aromatic carbocycles. The largest absolute Gasteiger partial charge is 0.496 e. The summed E-state index contributed by atoms with van der Waals surface area (Å²) in [5.74, 6) is -0.173. The Morgan fingerprint density at radius 2 is 1.84 bits per heavy atom. The zero-order valence-corrected chi connectivity index (χ0v) is 11.2. The number of carboxylic acids is 1. The third-order valence-electron chi connectivity index (χ3n) is 3.57. The van der Waals surface area contributed by atoms with Crippen LogP contribution in [0.15, 0.2) is 36.4 Å². The van der Waals surface area contributed by atoms with Gasteiger partial charge in [0.2, 0.25) is 0 Å². The Labute approximate surface area is 112 Å². The molecule has 2 rings (SSSR count). The first-order chi connectivity index (χ1) is 9.04. The molecule has 2 N–H and O–H groups in total. The number of ether oxygens (including phenoxy) is 1. The van der Waals surface area contributed by atoms with Gasteiger partial charge in [0.25, 0.3) is 0 Å². The maximum atomic E-state index is 11.6. The first kappa shape index (κ1) is 13.4. The van der Waals surface area contributed by atoms with Crippen LogP contribution in [0.25, 0.3) is 10.8 Å². The zero-order chi connectivity index (χ0) is 14.0. The highest BCUT2D eigenvalue weighted by Gasteiger charge is 2.34. The van der Waals surface area contributed by atoms with E-state index in [0.29, 0.717) is 0 Å². The second kappa shape index (κ2) is 4.90. The second-order valence-corrected chi connectivity index (χ2v) is 4.54. The van der Waals surface area contributed by atoms with E-state index in [4.69, 9.17) is 4.74 Å². The number of carboxylic acid groups (broad SMARTS) is 1. The van der Waals surface area contributed by atoms with E-state index in [-0.39, 0.29) is 0 Å². The summed E-state index contributed by atoms with van der Waals surface area (Å²) >= 11 is 0. The van der Waals surface area contributed by atoms with E-state index in [1.54, 1.807) is 21.1 Å². The number of aliphatic carboxylic acids is 1. The van der Waals surface area contributed by atoms with E-state index in [2.05, 4.69) is 5.32 Å². The molecule has 0 aliphatic rings. The van der Waals surface area contributed by atoms with Gasteiger partial charge in [-0.15, -0.1) is 0 Å². The van der Waals surface area contributed by atoms with E-state index < -0.39 is 11.5 Å². The molecule has 0 fully saturated rings. The van der Waals surface area contributed by atoms with Crippen LogP contribution in [0, 0.1) is 0 Å². The molecule has 0 spiro atoms. The highest BCUT2D eigenvalue weighted by atomic mass is 16.5. The Morgan fingerprint density at radius 3 is 2.42 bits per heavy atom. The molecule has 0 bridgehead atoms. The Balaban J connectivity index is 2.78. The molecular formula is C15H17NO3. The monoisotopic (exact) mass is 259 g/mol. The standard InChI is InChI=1S/C15H17NO3/c1-15(16-2,14(17)18)12-8-4-7-11-10(12)6-5-9-13(11)19-3/h4-9,16H,1-3H3,(H,17,18)/t15-/m1/s1. The number of nitrogens with one attached hydrogen (secondary N) is 1. The smallest absolute Gasteiger partial charge is 0.328 e. The number of hydrogen-bond acceptors (Lipinski definition) is 3. The molecule has 0 saturated carbocycles. The van der Waals surface area contributed by atoms with Crippen molar-refractivity contribution in [1.29, 1.82) is 0 Å². The summed E-state index contributed by atoms with van der Waals surface area (Å²) in [6, 6.07) is 11.2. The predicted molar refractivity (Wildman–Crippen MR) is 74.5 cm³/mol. The van der Waals surface area contributed by atoms with Gasteiger partial charge >= 0.3 is 5.97 Å². The summed E-state index contributed by atoms with van der Waals surface area (Å²) in [6.45, 7) is 1.66. The summed E-state index contributed by atoms with van der Waals surface area (Å²) in [7, 11) is 3.25. The van der Waals surface area contributed by atoms with Gasteiger partial charge in [0.1, 0.15) is 11.3 Å². The van der Waals surface area contributed by atoms with Gasteiger partial charge in [-0.05, 0) is 31.0 Å². The summed E-state index contributed by atoms with van der Waals surface area (Å²) in [5, 5.41) is 14.1. The van der Waals surface area contributed by atoms with Crippen molar-refractivity contribution in [2.24, 2.45) is 0 Å². The van der Waals surface area contributed by atoms with E-state index in [9.17, 15) is 9.90 Å². The van der Waals surface area contributed by atoms with Crippen molar-refractivity contribution in [2.45, 2.75) is 12.5 Å². The van der Waals surface area contributed by atoms with Crippen LogP contribution in [0.1, 0.15) is 12.5 Å². The highest BCUT2D eigenvalue weighted by molar-refractivity contribution is 5.95. The fourth-order valence-corrected chi connectivity index (χ4v) is 2.25. The van der Waals surface area contributed by atoms with Gasteiger partial charge < -0.3 is 15.2 Å². The quantitative estimate of drug-likeness (QED) is 0.885. The molecule has 2 aromatic rings. The minimum Gasteiger partial charge on any atom is -0.496 e. The van der Waals surface area contributed by atoms with E-state index in [1.165, 1.54) is 0 Å². The maximum absolute atomic E-state index is 11.6. The Hall–Kier alpha value is -2.07. The molecule has 100 valence electrons. The van der Waals surface area contributed by atoms with Gasteiger partial charge in [-0.1, -0.05) is 30.3 Å². The molecule has 4 heteroatoms. The van der Waals surface area contributed by atoms with Crippen molar-refractivity contribution in [3.63, 3.8) is 0 Å². The van der Waals surface area contributed by atoms with Crippen molar-refractivity contribution in [2.75, 3.05) is 14.2 Å². The predicted octanol–water partition coefficient (Wildman–Crippen LogP) is 2.37. The fourth-order valence-electron chi connectivity index (χ4n) is 2.25. The second-order valence-electron chi connectivity index (χ2n) is 4.54. The van der Waals surface area contributed by atoms with E-state index >= 15 is 0 Å². The minimum atomic E-state index is -1.13. The third-order valence-corrected chi connectivity index (χ3v) is 3.57. The first-order valence-corrected chi connectivity index (χ1v) is 6.03. The number of benzene rings is 2. The van der Waals surface area contributed by atoms with Crippen molar-refractivity contribution >= 4 is 16.7 Å². The van der Waals surface area contributed by atoms with Crippen LogP contribution in [0.2, 0.25) is 0 Å². The van der Waals surface area contributed by atoms with Crippen LogP contribution in [0.3, 0.4) is 0 Å². The summed E-state index contributed by atoms with van der Waals surface area (Å²) in [4.78, 5) is 11.6. The lowest BCUT2D eigenvalue weighted by atomic mass is 9.88. The SMILES string of the molecule is CN[C@@](C)(C(=O)O)c1cccc2c(OC)cccc12. The van der Waals surface area contributed by atoms with E-state index in [1.807, 2.05) is 36.4 Å². The summed E-state index contributed by atoms with van der Waals surface area (Å²) < 4.78 is 5.32. The van der Waals surface area contributed by atoms with Crippen LogP contribution >= 0.6 is 0 Å². The number of rotatable bonds is 4. The molecule has 0 unspecified atom stereocenters. The van der Waals surface area contributed by atoms with Crippen LogP contribution in [0.5, 0.6) is 5.75 Å². The lowest BCUT2D eigenvalue weighted by Crippen LogP contribution is -2.44. The summed E-state index contributed by atoms with van der Waals surface area (Å²) in [6.07, 6.45) is 0. The molecule has 19 heavy (non-hydrogen) atoms. The first-order valence-electron chi connectivity index (χ1n) is 6.03. The molecule has 0 aliphatic heterocycles. The molecule has 0 radical (unpaired) electrons. The number of methoxy groups -OCH3 is 1. The maximum Gasteiger partial charge on any atom is 0.328 e. The molecule has 0 heterocycles. The van der Waals surface area contributed by atoms with Crippen molar-refractivity contribution < 1.29 is 14.6 Å². The van der Waals surface area contributed by atoms with Gasteiger partial charge in [0.15, 0.2) is 0 Å². The molecule has 0 aliphatic carbocycles. The molecule has 0 aromatic heterocycles. The normalized spacial score (nSPS) is 14.1. The number of hydrogen-bond donors (Lipinski definition) is 2. The number of likely N-dealkylation sites (N-methyl/N-ethyl adjacent to an activating group) is 1. The molecule has 4 nitrogen and oxygen atoms in total. The van der Waals surface area contributed by atoms with Gasteiger partial charge in [-0.3, -0.25) is 0 Å². The van der Waals surface area contributed by atoms with Gasteiger partial charge in [0, 0.05) is 5.39 Å². The van der Waals surface area contributed by atoms with Crippen LogP contribution in [0.4, 0.5) is 0 Å². The Kier molecular flexibility index (Phi) is 3.44. The fraction of sp³-hybridized carbons (Fsp3) is 0.267. The van der Waals surface area contributed by atoms with Crippen LogP contribution < -0.4 is 10.1 Å². The van der Waals surface area contributed by atoms with Crippen LogP contribution in [-0.4, -0.2) is 25.2 Å². The Morgan fingerprint density at radius 1 is 1.21 bits per heavy atom. The minimum absolute atomic E-state index is 0.721. The van der Waals surface area contributed by atoms with Crippen molar-refractivity contribution in [3.05, 3.63) is 42.0 Å². The van der Waals surface area contributed by atoms with Gasteiger partial charge in [0.05, 0.1) is 7.11 Å². The topological polar surface area (TPSA) is 58.6 Å². The molecule has 0 amide bonds. The molecule has 0 saturated heterocycles. The lowest BCUT2D eigenvalue weighted by Gasteiger charge is -2.26. The molecule has 1 atom stereocenters. The lowest BCUT2D eigenvalue weighted by molar-refractivity contribution is -0.144. The third kappa shape index (κ3) is 2.04. The highest BCUT2D eigenvalue weighted by Crippen LogP contribution is 2.33. The zero-order valence-electron chi connectivity index (χ0n) is 11.2. The van der Waals surface area contributed by atoms with Gasteiger partial charge in [-0.2, -0.15) is 0 Å². The van der Waals surface area contributed by atoms with Crippen molar-refractivity contribution in [1.82, 2.24) is 5.32 Å². The number of fused-ring (bicyclic) bond motifs is 1. The van der Waals surface area contributed by atoms with Gasteiger partial charge in [-0.25, -0.2) is 4.79 Å².